The lowest BCUT2D eigenvalue weighted by Crippen LogP contribution is -2.43. The first-order valence-corrected chi connectivity index (χ1v) is 16.6. The van der Waals surface area contributed by atoms with Crippen LogP contribution >= 0.6 is 34.8 Å². The van der Waals surface area contributed by atoms with Gasteiger partial charge >= 0.3 is 0 Å². The lowest BCUT2D eigenvalue weighted by molar-refractivity contribution is -0.253. The third-order valence-corrected chi connectivity index (χ3v) is 9.07. The molecule has 10 heteroatoms. The number of nitrogens with one attached hydrogen (secondary N) is 1. The number of likely N-dealkylation sites (N-methyl/N-ethyl adjacent to an activating group) is 1. The van der Waals surface area contributed by atoms with Gasteiger partial charge in [0.2, 0.25) is 0 Å². The summed E-state index contributed by atoms with van der Waals surface area (Å²) in [6.07, 6.45) is -1.03. The number of nitrogens with zero attached hydrogens (tertiary/aromatic N) is 1. The van der Waals surface area contributed by atoms with Gasteiger partial charge in [-0.15, -0.1) is 0 Å². The van der Waals surface area contributed by atoms with Gasteiger partial charge in [-0.3, -0.25) is 9.69 Å². The van der Waals surface area contributed by atoms with Crippen molar-refractivity contribution < 1.29 is 24.5 Å². The Kier molecular flexibility index (Phi) is 12.0. The largest absolute Gasteiger partial charge is 0.392 e. The van der Waals surface area contributed by atoms with E-state index in [9.17, 15) is 15.0 Å². The molecule has 0 aliphatic carbocycles. The molecular formula is C37H39Cl3N2O5. The zero-order valence-electron chi connectivity index (χ0n) is 26.2. The molecule has 47 heavy (non-hydrogen) atoms. The maximum atomic E-state index is 12.0. The summed E-state index contributed by atoms with van der Waals surface area (Å²) in [5.41, 5.74) is 6.41. The number of aliphatic hydroxyl groups excluding tert-OH is 2. The zero-order chi connectivity index (χ0) is 33.6. The Bertz CT molecular complexity index is 1600. The number of rotatable bonds is 11. The van der Waals surface area contributed by atoms with E-state index in [1.165, 1.54) is 0 Å². The average molecular weight is 698 g/mol. The monoisotopic (exact) mass is 696 g/mol. The molecule has 0 spiro atoms. The molecule has 1 amide bonds. The minimum atomic E-state index is -2.02. The fraction of sp³-hybridized carbons (Fsp3) is 0.324. The van der Waals surface area contributed by atoms with Crippen LogP contribution in [0.1, 0.15) is 59.7 Å². The SMILES string of the molecule is CC(C(O)c1ccccc1)N(C)CC1CC(c2ccc(CO)cc2)OC(c2ccc(-c3cccc(CNC(=O)C(Cl)(Cl)Cl)c3)cc2)O1. The molecule has 1 aliphatic rings. The van der Waals surface area contributed by atoms with Gasteiger partial charge in [0, 0.05) is 31.1 Å². The maximum Gasteiger partial charge on any atom is 0.272 e. The smallest absolute Gasteiger partial charge is 0.272 e. The Morgan fingerprint density at radius 2 is 1.57 bits per heavy atom. The molecule has 0 bridgehead atoms. The van der Waals surface area contributed by atoms with Crippen LogP contribution in [0.25, 0.3) is 11.1 Å². The predicted molar refractivity (Wildman–Crippen MR) is 186 cm³/mol. The molecule has 7 nitrogen and oxygen atoms in total. The summed E-state index contributed by atoms with van der Waals surface area (Å²) in [6.45, 7) is 2.81. The van der Waals surface area contributed by atoms with E-state index in [0.29, 0.717) is 13.0 Å². The molecule has 1 aliphatic heterocycles. The van der Waals surface area contributed by atoms with Crippen LogP contribution in [0.3, 0.4) is 0 Å². The first-order chi connectivity index (χ1) is 22.5. The number of carbonyl (C=O) groups is 1. The first-order valence-electron chi connectivity index (χ1n) is 15.5. The van der Waals surface area contributed by atoms with Gasteiger partial charge in [-0.2, -0.15) is 0 Å². The predicted octanol–water partition coefficient (Wildman–Crippen LogP) is 7.43. The summed E-state index contributed by atoms with van der Waals surface area (Å²) >= 11 is 17.0. The van der Waals surface area contributed by atoms with Crippen LogP contribution in [0.4, 0.5) is 0 Å². The maximum absolute atomic E-state index is 12.0. The minimum absolute atomic E-state index is 0.0224. The molecule has 0 radical (unpaired) electrons. The summed E-state index contributed by atoms with van der Waals surface area (Å²) in [5.74, 6) is -0.682. The molecule has 1 saturated heterocycles. The van der Waals surface area contributed by atoms with Crippen LogP contribution in [-0.4, -0.2) is 50.6 Å². The third kappa shape index (κ3) is 9.34. The Labute approximate surface area is 291 Å². The second-order valence-electron chi connectivity index (χ2n) is 11.9. The summed E-state index contributed by atoms with van der Waals surface area (Å²) in [5, 5.41) is 23.2. The Morgan fingerprint density at radius 1 is 0.894 bits per heavy atom. The molecule has 0 aromatic heterocycles. The van der Waals surface area contributed by atoms with Crippen molar-refractivity contribution in [2.24, 2.45) is 0 Å². The Hall–Kier alpha value is -2.98. The van der Waals surface area contributed by atoms with E-state index in [4.69, 9.17) is 44.3 Å². The third-order valence-electron chi connectivity index (χ3n) is 8.55. The molecule has 5 unspecified atom stereocenters. The van der Waals surface area contributed by atoms with E-state index in [1.54, 1.807) is 0 Å². The Balaban J connectivity index is 1.32. The first kappa shape index (κ1) is 35.3. The van der Waals surface area contributed by atoms with Gasteiger partial charge in [-0.05, 0) is 53.4 Å². The molecule has 5 atom stereocenters. The van der Waals surface area contributed by atoms with E-state index in [-0.39, 0.29) is 31.4 Å². The highest BCUT2D eigenvalue weighted by atomic mass is 35.6. The number of hydrogen-bond donors (Lipinski definition) is 3. The van der Waals surface area contributed by atoms with Gasteiger partial charge in [0.25, 0.3) is 9.70 Å². The van der Waals surface area contributed by atoms with Crippen molar-refractivity contribution in [3.63, 3.8) is 0 Å². The summed E-state index contributed by atoms with van der Waals surface area (Å²) in [6, 6.07) is 33.1. The lowest BCUT2D eigenvalue weighted by atomic mass is 9.98. The quantitative estimate of drug-likeness (QED) is 0.141. The van der Waals surface area contributed by atoms with Crippen molar-refractivity contribution in [3.05, 3.63) is 131 Å². The Morgan fingerprint density at radius 3 is 2.23 bits per heavy atom. The van der Waals surface area contributed by atoms with E-state index in [2.05, 4.69) is 10.2 Å². The molecular weight excluding hydrogens is 659 g/mol. The van der Waals surface area contributed by atoms with Crippen LogP contribution in [0.15, 0.2) is 103 Å². The van der Waals surface area contributed by atoms with Crippen molar-refractivity contribution in [1.82, 2.24) is 10.2 Å². The fourth-order valence-electron chi connectivity index (χ4n) is 5.67. The van der Waals surface area contributed by atoms with Crippen molar-refractivity contribution >= 4 is 40.7 Å². The number of aliphatic hydroxyl groups is 2. The summed E-state index contributed by atoms with van der Waals surface area (Å²) in [4.78, 5) is 14.1. The van der Waals surface area contributed by atoms with Crippen molar-refractivity contribution in [2.45, 2.75) is 60.9 Å². The van der Waals surface area contributed by atoms with E-state index >= 15 is 0 Å². The van der Waals surface area contributed by atoms with Gasteiger partial charge in [0.15, 0.2) is 6.29 Å². The molecule has 0 saturated carbocycles. The van der Waals surface area contributed by atoms with Gasteiger partial charge in [-0.25, -0.2) is 0 Å². The molecule has 1 heterocycles. The second kappa shape index (κ2) is 15.9. The van der Waals surface area contributed by atoms with Crippen molar-refractivity contribution in [3.8, 4) is 11.1 Å². The lowest BCUT2D eigenvalue weighted by Gasteiger charge is -2.39. The number of ether oxygens (including phenoxy) is 2. The van der Waals surface area contributed by atoms with Crippen molar-refractivity contribution in [2.75, 3.05) is 13.6 Å². The summed E-state index contributed by atoms with van der Waals surface area (Å²) < 4.78 is 11.1. The highest BCUT2D eigenvalue weighted by Gasteiger charge is 2.34. The molecule has 3 N–H and O–H groups in total. The van der Waals surface area contributed by atoms with Gasteiger partial charge < -0.3 is 25.0 Å². The standard InChI is InChI=1S/C37H39Cl3N2O5/c1-24(34(44)29-8-4-3-5-9-29)42(2)22-32-20-33(28-13-11-25(23-43)12-14-28)47-35(46-32)30-17-15-27(16-18-30)31-10-6-7-26(19-31)21-41-36(45)37(38,39)40/h3-19,24,32-35,43-44H,20-23H2,1-2H3,(H,41,45). The highest BCUT2D eigenvalue weighted by molar-refractivity contribution is 6.76. The molecule has 1 fully saturated rings. The molecule has 4 aromatic carbocycles. The molecule has 5 rings (SSSR count). The topological polar surface area (TPSA) is 91.3 Å². The summed E-state index contributed by atoms with van der Waals surface area (Å²) in [7, 11) is 2.00. The number of amides is 1. The van der Waals surface area contributed by atoms with Crippen LogP contribution in [0.5, 0.6) is 0 Å². The van der Waals surface area contributed by atoms with Crippen LogP contribution in [0, 0.1) is 0 Å². The zero-order valence-corrected chi connectivity index (χ0v) is 28.5. The second-order valence-corrected chi connectivity index (χ2v) is 14.2. The number of benzene rings is 4. The average Bonchev–Trinajstić information content (AvgIpc) is 3.10. The normalized spacial score (nSPS) is 19.7. The van der Waals surface area contributed by atoms with Crippen LogP contribution in [-0.2, 0) is 27.4 Å². The number of carbonyl (C=O) groups excluding carboxylic acids is 1. The number of alkyl halides is 3. The number of halogens is 3. The van der Waals surface area contributed by atoms with Gasteiger partial charge in [0.05, 0.1) is 24.9 Å². The number of hydrogen-bond acceptors (Lipinski definition) is 6. The van der Waals surface area contributed by atoms with Gasteiger partial charge in [-0.1, -0.05) is 132 Å². The van der Waals surface area contributed by atoms with Crippen LogP contribution < -0.4 is 5.32 Å². The fourth-order valence-corrected chi connectivity index (χ4v) is 5.87. The highest BCUT2D eigenvalue weighted by Crippen LogP contribution is 2.39. The van der Waals surface area contributed by atoms with E-state index in [0.717, 1.165) is 38.9 Å². The molecule has 248 valence electrons. The van der Waals surface area contributed by atoms with E-state index in [1.807, 2.05) is 117 Å². The van der Waals surface area contributed by atoms with Crippen LogP contribution in [0.2, 0.25) is 0 Å². The van der Waals surface area contributed by atoms with Crippen molar-refractivity contribution in [1.29, 1.82) is 0 Å². The van der Waals surface area contributed by atoms with Gasteiger partial charge in [0.1, 0.15) is 0 Å². The minimum Gasteiger partial charge on any atom is -0.392 e. The van der Waals surface area contributed by atoms with E-state index < -0.39 is 22.1 Å². The molecule has 4 aromatic rings.